The zero-order valence-corrected chi connectivity index (χ0v) is 16.6. The van der Waals surface area contributed by atoms with Crippen LogP contribution in [0.3, 0.4) is 0 Å². The van der Waals surface area contributed by atoms with E-state index in [1.807, 2.05) is 24.3 Å². The molecule has 26 heavy (non-hydrogen) atoms. The molecule has 0 heterocycles. The SMILES string of the molecule is O=C(COC(=O)Cc1ccc(Br)cc1)NCC12CC3CC(CC(C3)C1)C2. The van der Waals surface area contributed by atoms with Crippen molar-refractivity contribution in [3.63, 3.8) is 0 Å². The average Bonchev–Trinajstić information content (AvgIpc) is 2.59. The number of hydrogen-bond acceptors (Lipinski definition) is 3. The van der Waals surface area contributed by atoms with Gasteiger partial charge >= 0.3 is 5.97 Å². The summed E-state index contributed by atoms with van der Waals surface area (Å²) in [5, 5.41) is 3.04. The molecule has 4 aliphatic rings. The van der Waals surface area contributed by atoms with Crippen LogP contribution in [0.4, 0.5) is 0 Å². The summed E-state index contributed by atoms with van der Waals surface area (Å²) in [5.74, 6) is 2.09. The smallest absolute Gasteiger partial charge is 0.310 e. The molecule has 4 nitrogen and oxygen atoms in total. The summed E-state index contributed by atoms with van der Waals surface area (Å²) in [6.45, 7) is 0.571. The van der Waals surface area contributed by atoms with Gasteiger partial charge in [-0.05, 0) is 79.4 Å². The Hall–Kier alpha value is -1.36. The first-order valence-corrected chi connectivity index (χ1v) is 10.5. The Balaban J connectivity index is 1.21. The fourth-order valence-electron chi connectivity index (χ4n) is 5.81. The normalized spacial score (nSPS) is 31.7. The van der Waals surface area contributed by atoms with E-state index in [0.717, 1.165) is 34.3 Å². The molecule has 0 aliphatic heterocycles. The van der Waals surface area contributed by atoms with Crippen LogP contribution < -0.4 is 5.32 Å². The Morgan fingerprint density at radius 3 is 2.19 bits per heavy atom. The maximum Gasteiger partial charge on any atom is 0.310 e. The molecule has 0 spiro atoms. The molecule has 0 aromatic heterocycles. The average molecular weight is 420 g/mol. The topological polar surface area (TPSA) is 55.4 Å². The van der Waals surface area contributed by atoms with Gasteiger partial charge in [-0.3, -0.25) is 9.59 Å². The van der Waals surface area contributed by atoms with Gasteiger partial charge < -0.3 is 10.1 Å². The monoisotopic (exact) mass is 419 g/mol. The molecule has 4 aliphatic carbocycles. The lowest BCUT2D eigenvalue weighted by Gasteiger charge is -2.56. The number of rotatable bonds is 6. The van der Waals surface area contributed by atoms with Crippen LogP contribution in [-0.4, -0.2) is 25.0 Å². The minimum atomic E-state index is -0.364. The predicted molar refractivity (Wildman–Crippen MR) is 102 cm³/mol. The van der Waals surface area contributed by atoms with Crippen LogP contribution in [0.15, 0.2) is 28.7 Å². The second-order valence-electron chi connectivity index (χ2n) is 8.66. The fraction of sp³-hybridized carbons (Fsp3) is 0.619. The number of amides is 1. The third-order valence-electron chi connectivity index (χ3n) is 6.45. The Kier molecular flexibility index (Phi) is 5.09. The number of carbonyl (C=O) groups excluding carboxylic acids is 2. The molecule has 1 amide bonds. The Morgan fingerprint density at radius 1 is 1.04 bits per heavy atom. The summed E-state index contributed by atoms with van der Waals surface area (Å²) in [6, 6.07) is 7.53. The van der Waals surface area contributed by atoms with Gasteiger partial charge in [0.2, 0.25) is 0 Å². The highest BCUT2D eigenvalue weighted by atomic mass is 79.9. The minimum Gasteiger partial charge on any atom is -0.455 e. The summed E-state index contributed by atoms with van der Waals surface area (Å²) in [7, 11) is 0. The molecule has 0 radical (unpaired) electrons. The van der Waals surface area contributed by atoms with Gasteiger partial charge in [0.1, 0.15) is 0 Å². The molecule has 1 aromatic rings. The highest BCUT2D eigenvalue weighted by Crippen LogP contribution is 2.59. The van der Waals surface area contributed by atoms with Crippen molar-refractivity contribution in [2.24, 2.45) is 23.2 Å². The molecule has 0 atom stereocenters. The molecule has 0 unspecified atom stereocenters. The molecule has 4 saturated carbocycles. The number of esters is 1. The van der Waals surface area contributed by atoms with Crippen molar-refractivity contribution in [3.8, 4) is 0 Å². The van der Waals surface area contributed by atoms with Crippen LogP contribution in [0.25, 0.3) is 0 Å². The summed E-state index contributed by atoms with van der Waals surface area (Å²) in [6.07, 6.45) is 8.20. The van der Waals surface area contributed by atoms with Gasteiger partial charge in [0.05, 0.1) is 6.42 Å². The predicted octanol–water partition coefficient (Wildman–Crippen LogP) is 3.87. The van der Waals surface area contributed by atoms with E-state index in [9.17, 15) is 9.59 Å². The molecule has 1 N–H and O–H groups in total. The van der Waals surface area contributed by atoms with E-state index in [4.69, 9.17) is 4.74 Å². The first-order chi connectivity index (χ1) is 12.5. The lowest BCUT2D eigenvalue weighted by Crippen LogP contribution is -2.51. The number of hydrogen-bond donors (Lipinski definition) is 1. The van der Waals surface area contributed by atoms with Crippen LogP contribution in [0, 0.1) is 23.2 Å². The van der Waals surface area contributed by atoms with E-state index >= 15 is 0 Å². The van der Waals surface area contributed by atoms with Crippen molar-refractivity contribution in [3.05, 3.63) is 34.3 Å². The van der Waals surface area contributed by atoms with Crippen LogP contribution in [0.5, 0.6) is 0 Å². The van der Waals surface area contributed by atoms with Gasteiger partial charge in [-0.25, -0.2) is 0 Å². The molecule has 140 valence electrons. The Labute approximate surface area is 163 Å². The van der Waals surface area contributed by atoms with E-state index in [-0.39, 0.29) is 24.9 Å². The van der Waals surface area contributed by atoms with E-state index in [0.29, 0.717) is 5.41 Å². The molecule has 4 fully saturated rings. The highest BCUT2D eigenvalue weighted by Gasteiger charge is 2.50. The van der Waals surface area contributed by atoms with Gasteiger partial charge in [-0.1, -0.05) is 28.1 Å². The van der Waals surface area contributed by atoms with Crippen LogP contribution >= 0.6 is 15.9 Å². The molecule has 5 rings (SSSR count). The van der Waals surface area contributed by atoms with E-state index in [1.165, 1.54) is 38.5 Å². The largest absolute Gasteiger partial charge is 0.455 e. The lowest BCUT2D eigenvalue weighted by molar-refractivity contribution is -0.148. The molecule has 5 heteroatoms. The second kappa shape index (κ2) is 7.34. The molecule has 0 saturated heterocycles. The summed E-state index contributed by atoms with van der Waals surface area (Å²) in [5.41, 5.74) is 1.19. The van der Waals surface area contributed by atoms with Crippen molar-refractivity contribution >= 4 is 27.8 Å². The maximum absolute atomic E-state index is 12.1. The standard InChI is InChI=1S/C21H26BrNO3/c22-18-3-1-14(2-4-18)8-20(25)26-12-19(24)23-13-21-9-15-5-16(10-21)7-17(6-15)11-21/h1-4,15-17H,5-13H2,(H,23,24). The first kappa shape index (κ1) is 18.0. The van der Waals surface area contributed by atoms with Crippen molar-refractivity contribution in [1.29, 1.82) is 0 Å². The summed E-state index contributed by atoms with van der Waals surface area (Å²) >= 11 is 3.37. The third-order valence-corrected chi connectivity index (χ3v) is 6.98. The fourth-order valence-corrected chi connectivity index (χ4v) is 6.07. The van der Waals surface area contributed by atoms with Crippen LogP contribution in [-0.2, 0) is 20.7 Å². The molecule has 1 aromatic carbocycles. The number of nitrogens with one attached hydrogen (secondary N) is 1. The Morgan fingerprint density at radius 2 is 1.62 bits per heavy atom. The number of carbonyl (C=O) groups is 2. The zero-order valence-electron chi connectivity index (χ0n) is 15.0. The van der Waals surface area contributed by atoms with E-state index < -0.39 is 0 Å². The third kappa shape index (κ3) is 4.13. The molecular formula is C21H26BrNO3. The number of ether oxygens (including phenoxy) is 1. The number of benzene rings is 1. The van der Waals surface area contributed by atoms with Gasteiger partial charge in [0, 0.05) is 11.0 Å². The molecular weight excluding hydrogens is 394 g/mol. The van der Waals surface area contributed by atoms with Crippen LogP contribution in [0.2, 0.25) is 0 Å². The number of halogens is 1. The Bertz CT molecular complexity index is 650. The minimum absolute atomic E-state index is 0.176. The van der Waals surface area contributed by atoms with E-state index in [2.05, 4.69) is 21.2 Å². The summed E-state index contributed by atoms with van der Waals surface area (Å²) in [4.78, 5) is 24.1. The maximum atomic E-state index is 12.1. The second-order valence-corrected chi connectivity index (χ2v) is 9.57. The van der Waals surface area contributed by atoms with E-state index in [1.54, 1.807) is 0 Å². The van der Waals surface area contributed by atoms with Gasteiger partial charge in [0.15, 0.2) is 6.61 Å². The van der Waals surface area contributed by atoms with Gasteiger partial charge in [-0.15, -0.1) is 0 Å². The van der Waals surface area contributed by atoms with Crippen molar-refractivity contribution in [2.75, 3.05) is 13.2 Å². The van der Waals surface area contributed by atoms with Crippen molar-refractivity contribution in [2.45, 2.75) is 44.9 Å². The first-order valence-electron chi connectivity index (χ1n) is 9.66. The van der Waals surface area contributed by atoms with Gasteiger partial charge in [0.25, 0.3) is 5.91 Å². The lowest BCUT2D eigenvalue weighted by atomic mass is 9.49. The molecule has 4 bridgehead atoms. The highest BCUT2D eigenvalue weighted by molar-refractivity contribution is 9.10. The zero-order chi connectivity index (χ0) is 18.1. The quantitative estimate of drug-likeness (QED) is 0.711. The van der Waals surface area contributed by atoms with Crippen LogP contribution in [0.1, 0.15) is 44.1 Å². The summed E-state index contributed by atoms with van der Waals surface area (Å²) < 4.78 is 6.12. The van der Waals surface area contributed by atoms with Crippen molar-refractivity contribution in [1.82, 2.24) is 5.32 Å². The van der Waals surface area contributed by atoms with Crippen molar-refractivity contribution < 1.29 is 14.3 Å². The van der Waals surface area contributed by atoms with Gasteiger partial charge in [-0.2, -0.15) is 0 Å².